The van der Waals surface area contributed by atoms with Crippen LogP contribution < -0.4 is 4.65 Å². The van der Waals surface area contributed by atoms with Crippen LogP contribution in [0.2, 0.25) is 0 Å². The summed E-state index contributed by atoms with van der Waals surface area (Å²) >= 11 is 0. The zero-order chi connectivity index (χ0) is 10.8. The van der Waals surface area contributed by atoms with Crippen LogP contribution in [-0.4, -0.2) is 7.27 Å². The van der Waals surface area contributed by atoms with Crippen molar-refractivity contribution in [2.45, 2.75) is 6.18 Å². The van der Waals surface area contributed by atoms with Crippen LogP contribution in [0, 0.1) is 11.1 Å². The molecule has 0 saturated heterocycles. The molecule has 0 aliphatic heterocycles. The number of hydrogen-bond donors (Lipinski definition) is 1. The molecule has 0 heterocycles. The number of rotatable bonds is 2. The second-order valence-electron chi connectivity index (χ2n) is 2.38. The maximum absolute atomic E-state index is 12.7. The first kappa shape index (κ1) is 10.7. The molecule has 0 amide bonds. The van der Waals surface area contributed by atoms with E-state index in [0.29, 0.717) is 25.5 Å². The maximum atomic E-state index is 12.7. The first-order valence-corrected chi connectivity index (χ1v) is 3.47. The van der Waals surface area contributed by atoms with Crippen LogP contribution in [0.3, 0.4) is 0 Å². The van der Waals surface area contributed by atoms with Crippen molar-refractivity contribution >= 4 is 7.27 Å². The van der Waals surface area contributed by atoms with Crippen molar-refractivity contribution < 1.29 is 22.2 Å². The Morgan fingerprint density at radius 1 is 1.29 bits per heavy atom. The van der Waals surface area contributed by atoms with Crippen LogP contribution in [0.1, 0.15) is 5.56 Å². The molecule has 0 aromatic heterocycles. The minimum absolute atomic E-state index is 0.360. The molecule has 0 unspecified atom stereocenters. The van der Waals surface area contributed by atoms with Crippen molar-refractivity contribution in [1.29, 1.82) is 5.31 Å². The van der Waals surface area contributed by atoms with Gasteiger partial charge in [0.2, 0.25) is 0 Å². The molecule has 0 spiro atoms. The van der Waals surface area contributed by atoms with E-state index in [-0.39, 0.29) is 0 Å². The first-order chi connectivity index (χ1) is 6.45. The van der Waals surface area contributed by atoms with Gasteiger partial charge in [-0.15, -0.1) is 0 Å². The number of nitrogens with one attached hydrogen (secondary N) is 1. The van der Waals surface area contributed by atoms with Gasteiger partial charge in [0, 0.05) is 0 Å². The molecule has 1 rings (SSSR count). The summed E-state index contributed by atoms with van der Waals surface area (Å²) < 4.78 is 53.3. The second kappa shape index (κ2) is 3.77. The summed E-state index contributed by atoms with van der Waals surface area (Å²) in [5.74, 6) is -1.56. The van der Waals surface area contributed by atoms with E-state index in [1.165, 1.54) is 0 Å². The van der Waals surface area contributed by atoms with E-state index >= 15 is 0 Å². The molecule has 2 nitrogen and oxygen atoms in total. The molecule has 0 bridgehead atoms. The Labute approximate surface area is 77.3 Å². The summed E-state index contributed by atoms with van der Waals surface area (Å²) in [5, 5.41) is 6.47. The molecule has 0 atom stereocenters. The van der Waals surface area contributed by atoms with Gasteiger partial charge in [-0.05, 0) is 0 Å². The van der Waals surface area contributed by atoms with Crippen molar-refractivity contribution in [1.82, 2.24) is 0 Å². The zero-order valence-corrected chi connectivity index (χ0v) is 6.73. The van der Waals surface area contributed by atoms with Gasteiger partial charge in [0.15, 0.2) is 0 Å². The molecule has 7 heteroatoms. The summed E-state index contributed by atoms with van der Waals surface area (Å²) in [6.45, 7) is 0. The summed E-state index contributed by atoms with van der Waals surface area (Å²) in [6.07, 6.45) is -4.55. The van der Waals surface area contributed by atoms with Crippen LogP contribution in [0.4, 0.5) is 17.6 Å². The van der Waals surface area contributed by atoms with E-state index in [0.717, 1.165) is 0 Å². The Hall–Kier alpha value is -1.40. The summed E-state index contributed by atoms with van der Waals surface area (Å²) in [6, 6.07) is 1.74. The molecule has 1 aromatic carbocycles. The number of hydrogen-bond acceptors (Lipinski definition) is 2. The van der Waals surface area contributed by atoms with E-state index < -0.39 is 23.3 Å². The number of halogens is 4. The summed E-state index contributed by atoms with van der Waals surface area (Å²) in [4.78, 5) is 0. The fraction of sp³-hybridized carbons (Fsp3) is 0.143. The molecule has 1 aromatic rings. The van der Waals surface area contributed by atoms with Crippen molar-refractivity contribution in [2.75, 3.05) is 0 Å². The molecule has 1 N–H and O–H groups in total. The van der Waals surface area contributed by atoms with Crippen LogP contribution in [0.5, 0.6) is 5.75 Å². The predicted octanol–water partition coefficient (Wildman–Crippen LogP) is 2.60. The average Bonchev–Trinajstić information content (AvgIpc) is 2.07. The van der Waals surface area contributed by atoms with Gasteiger partial charge in [0.1, 0.15) is 0 Å². The van der Waals surface area contributed by atoms with Crippen molar-refractivity contribution in [2.24, 2.45) is 0 Å². The van der Waals surface area contributed by atoms with Crippen molar-refractivity contribution in [3.05, 3.63) is 29.6 Å². The quantitative estimate of drug-likeness (QED) is 0.584. The number of alkyl halides is 3. The van der Waals surface area contributed by atoms with Crippen LogP contribution >= 0.6 is 0 Å². The van der Waals surface area contributed by atoms with Gasteiger partial charge < -0.3 is 0 Å². The van der Waals surface area contributed by atoms with Gasteiger partial charge in [-0.3, -0.25) is 0 Å². The van der Waals surface area contributed by atoms with Crippen LogP contribution in [0.15, 0.2) is 18.2 Å². The number of benzene rings is 1. The third-order valence-corrected chi connectivity index (χ3v) is 1.44. The molecular formula is C7H4BF4NO. The Bertz CT molecular complexity index is 352. The molecule has 0 aliphatic carbocycles. The molecular weight excluding hydrogens is 201 g/mol. The van der Waals surface area contributed by atoms with Crippen LogP contribution in [0.25, 0.3) is 0 Å². The van der Waals surface area contributed by atoms with Gasteiger partial charge in [-0.25, -0.2) is 0 Å². The normalized spacial score (nSPS) is 10.9. The first-order valence-electron chi connectivity index (χ1n) is 3.47. The van der Waals surface area contributed by atoms with Gasteiger partial charge in [-0.2, -0.15) is 0 Å². The van der Waals surface area contributed by atoms with Crippen molar-refractivity contribution in [3.8, 4) is 5.75 Å². The SMILES string of the molecule is N=BOc1cc(C(F)(F)F)ccc1F. The van der Waals surface area contributed by atoms with Gasteiger partial charge in [0.25, 0.3) is 0 Å². The van der Waals surface area contributed by atoms with Gasteiger partial charge >= 0.3 is 76.3 Å². The van der Waals surface area contributed by atoms with E-state index in [1.54, 1.807) is 0 Å². The van der Waals surface area contributed by atoms with Gasteiger partial charge in [0.05, 0.1) is 0 Å². The van der Waals surface area contributed by atoms with E-state index in [1.807, 2.05) is 0 Å². The second-order valence-corrected chi connectivity index (χ2v) is 2.38. The Kier molecular flexibility index (Phi) is 2.88. The fourth-order valence-electron chi connectivity index (χ4n) is 0.833. The molecule has 0 saturated carbocycles. The predicted molar refractivity (Wildman–Crippen MR) is 40.5 cm³/mol. The topological polar surface area (TPSA) is 33.1 Å². The summed E-state index contributed by atoms with van der Waals surface area (Å²) in [5.41, 5.74) is -1.02. The van der Waals surface area contributed by atoms with E-state index in [4.69, 9.17) is 5.31 Å². The van der Waals surface area contributed by atoms with Crippen molar-refractivity contribution in [3.63, 3.8) is 0 Å². The molecule has 74 valence electrons. The minimum atomic E-state index is -4.55. The fourth-order valence-corrected chi connectivity index (χ4v) is 0.833. The Morgan fingerprint density at radius 3 is 2.43 bits per heavy atom. The zero-order valence-electron chi connectivity index (χ0n) is 6.73. The average molecular weight is 205 g/mol. The van der Waals surface area contributed by atoms with E-state index in [2.05, 4.69) is 4.65 Å². The van der Waals surface area contributed by atoms with E-state index in [9.17, 15) is 17.6 Å². The summed E-state index contributed by atoms with van der Waals surface area (Å²) in [7, 11) is 0.360. The Morgan fingerprint density at radius 2 is 1.93 bits per heavy atom. The molecule has 0 radical (unpaired) electrons. The monoisotopic (exact) mass is 205 g/mol. The van der Waals surface area contributed by atoms with Crippen LogP contribution in [-0.2, 0) is 6.18 Å². The molecule has 14 heavy (non-hydrogen) atoms. The Balaban J connectivity index is 3.12. The third kappa shape index (κ3) is 2.30. The van der Waals surface area contributed by atoms with Gasteiger partial charge in [-0.1, -0.05) is 0 Å². The third-order valence-electron chi connectivity index (χ3n) is 1.44. The standard InChI is InChI=1S/C7H4BF4NO/c9-5-2-1-4(7(10,11)12)3-6(5)14-8-13/h1-3,13H. The molecule has 0 fully saturated rings. The molecule has 0 aliphatic rings.